The molecule has 2 fully saturated rings. The Morgan fingerprint density at radius 1 is 0.564 bits per heavy atom. The van der Waals surface area contributed by atoms with E-state index in [9.17, 15) is 19.2 Å². The average molecular weight is 529 g/mol. The molecule has 4 aliphatic rings. The third-order valence-electron chi connectivity index (χ3n) is 9.51. The van der Waals surface area contributed by atoms with Crippen molar-refractivity contribution in [3.05, 3.63) is 58.7 Å². The van der Waals surface area contributed by atoms with E-state index in [-0.39, 0.29) is 47.5 Å². The van der Waals surface area contributed by atoms with Gasteiger partial charge in [0, 0.05) is 12.1 Å². The summed E-state index contributed by atoms with van der Waals surface area (Å²) < 4.78 is 6.07. The Kier molecular flexibility index (Phi) is 6.35. The number of hydrogen-bond donors (Lipinski definition) is 0. The van der Waals surface area contributed by atoms with Crippen molar-refractivity contribution in [2.24, 2.45) is 23.7 Å². The molecule has 2 aromatic rings. The summed E-state index contributed by atoms with van der Waals surface area (Å²) in [5.41, 5.74) is 1.50. The van der Waals surface area contributed by atoms with E-state index < -0.39 is 0 Å². The number of rotatable bonds is 4. The fourth-order valence-electron chi connectivity index (χ4n) is 7.07. The number of nitrogens with zero attached hydrogens (tertiary/aromatic N) is 2. The predicted molar refractivity (Wildman–Crippen MR) is 146 cm³/mol. The number of amides is 4. The Morgan fingerprint density at radius 2 is 0.949 bits per heavy atom. The monoisotopic (exact) mass is 528 g/mol. The zero-order valence-corrected chi connectivity index (χ0v) is 23.1. The first-order valence-electron chi connectivity index (χ1n) is 14.4. The molecule has 0 N–H and O–H groups in total. The van der Waals surface area contributed by atoms with Crippen molar-refractivity contribution < 1.29 is 23.9 Å². The van der Waals surface area contributed by atoms with E-state index in [0.29, 0.717) is 45.6 Å². The van der Waals surface area contributed by atoms with Gasteiger partial charge in [0.1, 0.15) is 11.5 Å². The van der Waals surface area contributed by atoms with Crippen molar-refractivity contribution in [2.75, 3.05) is 0 Å². The standard InChI is InChI=1S/C32H36N2O5/c1-17-5-7-19(3)27(13-17)33-29(35)23-11-9-21(15-25(23)31(33)37)39-22-10-12-24-26(16-22)32(38)34(30(24)36)28-14-18(2)6-8-20(28)4/h9-12,15-20,27-28H,5-8,13-14H2,1-4H3/t17-,18+,19-,20+,27+,28-. The molecular weight excluding hydrogens is 492 g/mol. The highest BCUT2D eigenvalue weighted by molar-refractivity contribution is 6.22. The molecule has 7 nitrogen and oxygen atoms in total. The highest BCUT2D eigenvalue weighted by Crippen LogP contribution is 2.40. The lowest BCUT2D eigenvalue weighted by Crippen LogP contribution is -2.46. The maximum atomic E-state index is 13.4. The Balaban J connectivity index is 1.23. The van der Waals surface area contributed by atoms with Gasteiger partial charge in [0.25, 0.3) is 23.6 Å². The second-order valence-electron chi connectivity index (χ2n) is 12.4. The third kappa shape index (κ3) is 4.26. The van der Waals surface area contributed by atoms with Crippen LogP contribution in [0.1, 0.15) is 108 Å². The van der Waals surface area contributed by atoms with E-state index >= 15 is 0 Å². The zero-order chi connectivity index (χ0) is 27.6. The molecule has 2 aliphatic carbocycles. The van der Waals surface area contributed by atoms with Gasteiger partial charge in [-0.1, -0.05) is 40.5 Å². The minimum Gasteiger partial charge on any atom is -0.457 e. The van der Waals surface area contributed by atoms with Gasteiger partial charge in [-0.15, -0.1) is 0 Å². The van der Waals surface area contributed by atoms with Gasteiger partial charge in [-0.25, -0.2) is 0 Å². The van der Waals surface area contributed by atoms with E-state index in [4.69, 9.17) is 4.74 Å². The van der Waals surface area contributed by atoms with Crippen molar-refractivity contribution in [1.29, 1.82) is 0 Å². The molecule has 0 saturated heterocycles. The van der Waals surface area contributed by atoms with Crippen LogP contribution in [-0.2, 0) is 0 Å². The second-order valence-corrected chi connectivity index (χ2v) is 12.4. The lowest BCUT2D eigenvalue weighted by atomic mass is 9.79. The van der Waals surface area contributed by atoms with Crippen molar-refractivity contribution in [3.63, 3.8) is 0 Å². The van der Waals surface area contributed by atoms with Crippen LogP contribution < -0.4 is 4.74 Å². The first-order chi connectivity index (χ1) is 18.6. The van der Waals surface area contributed by atoms with Crippen LogP contribution >= 0.6 is 0 Å². The minimum atomic E-state index is -0.271. The topological polar surface area (TPSA) is 84.0 Å². The summed E-state index contributed by atoms with van der Waals surface area (Å²) in [6.45, 7) is 8.58. The normalized spacial score (nSPS) is 30.6. The summed E-state index contributed by atoms with van der Waals surface area (Å²) in [5, 5.41) is 0. The Morgan fingerprint density at radius 3 is 1.36 bits per heavy atom. The smallest absolute Gasteiger partial charge is 0.261 e. The molecule has 2 heterocycles. The van der Waals surface area contributed by atoms with Gasteiger partial charge in [-0.2, -0.15) is 0 Å². The SMILES string of the molecule is C[C@@H]1CC[C@@H](C)[C@@H](N2C(=O)c3ccc(Oc4ccc5c(c4)C(=O)N([C@@H]4C[C@@H](C)CC[C@@H]4C)C5=O)cc3C2=O)C1. The highest BCUT2D eigenvalue weighted by atomic mass is 16.5. The van der Waals surface area contributed by atoms with Gasteiger partial charge in [-0.3, -0.25) is 29.0 Å². The molecule has 6 atom stereocenters. The molecule has 0 aromatic heterocycles. The third-order valence-corrected chi connectivity index (χ3v) is 9.51. The van der Waals surface area contributed by atoms with Gasteiger partial charge < -0.3 is 4.74 Å². The molecule has 39 heavy (non-hydrogen) atoms. The predicted octanol–water partition coefficient (Wildman–Crippen LogP) is 6.32. The maximum absolute atomic E-state index is 13.4. The Labute approximate surface area is 229 Å². The number of hydrogen-bond acceptors (Lipinski definition) is 5. The number of carbonyl (C=O) groups is 4. The van der Waals surface area contributed by atoms with Crippen LogP contribution in [-0.4, -0.2) is 45.5 Å². The molecule has 0 radical (unpaired) electrons. The van der Waals surface area contributed by atoms with Crippen LogP contribution in [0.25, 0.3) is 0 Å². The fraction of sp³-hybridized carbons (Fsp3) is 0.500. The largest absolute Gasteiger partial charge is 0.457 e. The van der Waals surface area contributed by atoms with Crippen molar-refractivity contribution >= 4 is 23.6 Å². The van der Waals surface area contributed by atoms with Crippen molar-refractivity contribution in [3.8, 4) is 11.5 Å². The van der Waals surface area contributed by atoms with Crippen LogP contribution in [0.2, 0.25) is 0 Å². The summed E-state index contributed by atoms with van der Waals surface area (Å²) in [4.78, 5) is 56.1. The van der Waals surface area contributed by atoms with E-state index in [1.54, 1.807) is 36.4 Å². The lowest BCUT2D eigenvalue weighted by Gasteiger charge is -2.37. The summed E-state index contributed by atoms with van der Waals surface area (Å²) in [6, 6.07) is 9.70. The molecule has 0 unspecified atom stereocenters. The van der Waals surface area contributed by atoms with Crippen molar-refractivity contribution in [2.45, 2.75) is 78.3 Å². The highest BCUT2D eigenvalue weighted by Gasteiger charge is 2.45. The molecule has 4 amide bonds. The number of imide groups is 2. The molecule has 2 saturated carbocycles. The Bertz CT molecular complexity index is 1280. The molecule has 2 aromatic carbocycles. The van der Waals surface area contributed by atoms with Gasteiger partial charge in [0.15, 0.2) is 0 Å². The summed E-state index contributed by atoms with van der Waals surface area (Å²) in [6.07, 6.45) is 5.89. The van der Waals surface area contributed by atoms with E-state index in [1.165, 1.54) is 9.80 Å². The van der Waals surface area contributed by atoms with Crippen molar-refractivity contribution in [1.82, 2.24) is 9.80 Å². The summed E-state index contributed by atoms with van der Waals surface area (Å²) in [7, 11) is 0. The van der Waals surface area contributed by atoms with Gasteiger partial charge in [-0.05, 0) is 85.8 Å². The number of carbonyl (C=O) groups excluding carboxylic acids is 4. The summed E-state index contributed by atoms with van der Waals surface area (Å²) >= 11 is 0. The molecular formula is C32H36N2O5. The van der Waals surface area contributed by atoms with Crippen LogP contribution in [0.3, 0.4) is 0 Å². The van der Waals surface area contributed by atoms with Crippen LogP contribution in [0, 0.1) is 23.7 Å². The van der Waals surface area contributed by atoms with E-state index in [0.717, 1.165) is 38.5 Å². The molecule has 204 valence electrons. The number of benzene rings is 2. The van der Waals surface area contributed by atoms with E-state index in [1.807, 2.05) is 0 Å². The van der Waals surface area contributed by atoms with E-state index in [2.05, 4.69) is 27.7 Å². The van der Waals surface area contributed by atoms with Crippen LogP contribution in [0.15, 0.2) is 36.4 Å². The molecule has 0 spiro atoms. The first kappa shape index (κ1) is 25.8. The van der Waals surface area contributed by atoms with Gasteiger partial charge in [0.05, 0.1) is 22.3 Å². The first-order valence-corrected chi connectivity index (χ1v) is 14.4. The number of ether oxygens (including phenoxy) is 1. The molecule has 2 aliphatic heterocycles. The van der Waals surface area contributed by atoms with Crippen LogP contribution in [0.5, 0.6) is 11.5 Å². The molecule has 7 heteroatoms. The molecule has 0 bridgehead atoms. The Hall–Kier alpha value is -3.48. The van der Waals surface area contributed by atoms with Gasteiger partial charge in [0.2, 0.25) is 0 Å². The number of fused-ring (bicyclic) bond motifs is 2. The lowest BCUT2D eigenvalue weighted by molar-refractivity contribution is 0.0435. The summed E-state index contributed by atoms with van der Waals surface area (Å²) in [5.74, 6) is 1.29. The molecule has 6 rings (SSSR count). The minimum absolute atomic E-state index is 0.0939. The van der Waals surface area contributed by atoms with Crippen LogP contribution in [0.4, 0.5) is 0 Å². The fourth-order valence-corrected chi connectivity index (χ4v) is 7.07. The van der Waals surface area contributed by atoms with Gasteiger partial charge >= 0.3 is 0 Å². The second kappa shape index (κ2) is 9.61. The maximum Gasteiger partial charge on any atom is 0.261 e. The quantitative estimate of drug-likeness (QED) is 0.434. The average Bonchev–Trinajstić information content (AvgIpc) is 3.30. The zero-order valence-electron chi connectivity index (χ0n) is 23.1.